The van der Waals surface area contributed by atoms with Crippen LogP contribution in [0.15, 0.2) is 71.9 Å². The number of ketones is 1. The van der Waals surface area contributed by atoms with Crippen molar-refractivity contribution in [2.24, 2.45) is 0 Å². The van der Waals surface area contributed by atoms with Crippen molar-refractivity contribution in [2.45, 2.75) is 31.3 Å². The zero-order valence-electron chi connectivity index (χ0n) is 18.8. The second-order valence-corrected chi connectivity index (χ2v) is 11.0. The van der Waals surface area contributed by atoms with Crippen molar-refractivity contribution >= 4 is 52.3 Å². The summed E-state index contributed by atoms with van der Waals surface area (Å²) in [4.78, 5) is 12.8. The maximum Gasteiger partial charge on any atom is 0.196 e. The molecule has 4 rings (SSSR count). The van der Waals surface area contributed by atoms with Gasteiger partial charge in [-0.25, -0.2) is 0 Å². The number of benzene rings is 3. The first-order valence-electron chi connectivity index (χ1n) is 10.6. The molecule has 1 aromatic heterocycles. The molecule has 0 fully saturated rings. The summed E-state index contributed by atoms with van der Waals surface area (Å²) in [6.45, 7) is 6.54. The van der Waals surface area contributed by atoms with Crippen molar-refractivity contribution in [3.8, 4) is 17.1 Å². The van der Waals surface area contributed by atoms with Gasteiger partial charge in [0.1, 0.15) is 0 Å². The van der Waals surface area contributed by atoms with Crippen molar-refractivity contribution < 1.29 is 4.79 Å². The third-order valence-electron chi connectivity index (χ3n) is 5.30. The van der Waals surface area contributed by atoms with Crippen molar-refractivity contribution in [3.05, 3.63) is 92.9 Å². The van der Waals surface area contributed by atoms with Crippen molar-refractivity contribution in [2.75, 3.05) is 5.75 Å². The molecule has 0 atom stereocenters. The summed E-state index contributed by atoms with van der Waals surface area (Å²) >= 11 is 19.5. The molecule has 0 unspecified atom stereocenters. The van der Waals surface area contributed by atoms with Crippen molar-refractivity contribution in [1.82, 2.24) is 14.8 Å². The Morgan fingerprint density at radius 1 is 0.882 bits per heavy atom. The Hall–Kier alpha value is -2.31. The largest absolute Gasteiger partial charge is 0.293 e. The van der Waals surface area contributed by atoms with E-state index in [1.54, 1.807) is 18.2 Å². The highest BCUT2D eigenvalue weighted by Gasteiger charge is 2.19. The predicted octanol–water partition coefficient (Wildman–Crippen LogP) is 8.17. The maximum absolute atomic E-state index is 12.8. The van der Waals surface area contributed by atoms with Crippen LogP contribution in [0.5, 0.6) is 0 Å². The molecular formula is C26H22Cl3N3OS. The third kappa shape index (κ3) is 5.49. The topological polar surface area (TPSA) is 47.8 Å². The Kier molecular flexibility index (Phi) is 7.39. The molecule has 174 valence electrons. The minimum Gasteiger partial charge on any atom is -0.293 e. The lowest BCUT2D eigenvalue weighted by molar-refractivity contribution is 0.102. The average molecular weight is 531 g/mol. The molecule has 8 heteroatoms. The summed E-state index contributed by atoms with van der Waals surface area (Å²) < 4.78 is 1.94. The molecule has 0 aliphatic heterocycles. The normalized spacial score (nSPS) is 11.6. The molecule has 34 heavy (non-hydrogen) atoms. The van der Waals surface area contributed by atoms with E-state index in [9.17, 15) is 4.79 Å². The first-order valence-corrected chi connectivity index (χ1v) is 12.7. The van der Waals surface area contributed by atoms with E-state index in [1.165, 1.54) is 17.3 Å². The van der Waals surface area contributed by atoms with Gasteiger partial charge in [0, 0.05) is 21.8 Å². The lowest BCUT2D eigenvalue weighted by Gasteiger charge is -2.19. The van der Waals surface area contributed by atoms with Crippen LogP contribution in [0.25, 0.3) is 17.1 Å². The molecule has 0 aliphatic carbocycles. The minimum atomic E-state index is -0.0784. The first-order chi connectivity index (χ1) is 16.1. The minimum absolute atomic E-state index is 0.0499. The van der Waals surface area contributed by atoms with Crippen LogP contribution >= 0.6 is 46.6 Å². The Morgan fingerprint density at radius 3 is 2.18 bits per heavy atom. The van der Waals surface area contributed by atoms with Gasteiger partial charge in [-0.1, -0.05) is 91.6 Å². The smallest absolute Gasteiger partial charge is 0.196 e. The molecule has 0 saturated heterocycles. The number of Topliss-reactive ketones (excluding diaryl/α,β-unsaturated/α-hetero) is 1. The molecule has 0 radical (unpaired) electrons. The van der Waals surface area contributed by atoms with Gasteiger partial charge in [-0.05, 0) is 53.4 Å². The standard InChI is InChI=1S/C26H22Cl3N3OS/c1-26(2,3)18-7-4-16(5-8-18)24-30-31-25(32(24)20-11-9-19(27)10-12-20)34-15-23(33)17-6-13-21(28)22(29)14-17/h4-14H,15H2,1-3H3. The molecule has 3 aromatic carbocycles. The number of halogens is 3. The van der Waals surface area contributed by atoms with Gasteiger partial charge in [-0.2, -0.15) is 0 Å². The van der Waals surface area contributed by atoms with Gasteiger partial charge >= 0.3 is 0 Å². The van der Waals surface area contributed by atoms with Crippen molar-refractivity contribution in [3.63, 3.8) is 0 Å². The molecule has 1 heterocycles. The van der Waals surface area contributed by atoms with Gasteiger partial charge in [0.15, 0.2) is 16.8 Å². The van der Waals surface area contributed by atoms with E-state index in [0.717, 1.165) is 11.3 Å². The summed E-state index contributed by atoms with van der Waals surface area (Å²) in [5.41, 5.74) is 3.56. The monoisotopic (exact) mass is 529 g/mol. The second-order valence-electron chi connectivity index (χ2n) is 8.79. The highest BCUT2D eigenvalue weighted by Crippen LogP contribution is 2.31. The van der Waals surface area contributed by atoms with E-state index in [-0.39, 0.29) is 17.0 Å². The molecule has 4 aromatic rings. The molecule has 0 amide bonds. The van der Waals surface area contributed by atoms with E-state index in [0.29, 0.717) is 31.6 Å². The fourth-order valence-corrected chi connectivity index (χ4v) is 4.65. The number of hydrogen-bond donors (Lipinski definition) is 0. The van der Waals surface area contributed by atoms with Crippen LogP contribution in [-0.2, 0) is 5.41 Å². The van der Waals surface area contributed by atoms with Crippen LogP contribution < -0.4 is 0 Å². The lowest BCUT2D eigenvalue weighted by atomic mass is 9.87. The van der Waals surface area contributed by atoms with Gasteiger partial charge in [0.2, 0.25) is 0 Å². The number of hydrogen-bond acceptors (Lipinski definition) is 4. The van der Waals surface area contributed by atoms with Crippen LogP contribution in [0.3, 0.4) is 0 Å². The van der Waals surface area contributed by atoms with Crippen molar-refractivity contribution in [1.29, 1.82) is 0 Å². The van der Waals surface area contributed by atoms with Crippen LogP contribution in [0.4, 0.5) is 0 Å². The van der Waals surface area contributed by atoms with Gasteiger partial charge in [-0.15, -0.1) is 10.2 Å². The lowest BCUT2D eigenvalue weighted by Crippen LogP contribution is -2.10. The summed E-state index contributed by atoms with van der Waals surface area (Å²) in [5, 5.41) is 10.9. The van der Waals surface area contributed by atoms with Gasteiger partial charge in [-0.3, -0.25) is 9.36 Å². The summed E-state index contributed by atoms with van der Waals surface area (Å²) in [5.74, 6) is 0.782. The highest BCUT2D eigenvalue weighted by molar-refractivity contribution is 7.99. The molecule has 0 aliphatic rings. The number of carbonyl (C=O) groups is 1. The Balaban J connectivity index is 1.67. The molecule has 0 N–H and O–H groups in total. The highest BCUT2D eigenvalue weighted by atomic mass is 35.5. The molecule has 0 saturated carbocycles. The number of aromatic nitrogens is 3. The Labute approximate surface area is 218 Å². The Bertz CT molecular complexity index is 1330. The molecular weight excluding hydrogens is 509 g/mol. The zero-order valence-corrected chi connectivity index (χ0v) is 21.9. The van der Waals surface area contributed by atoms with Crippen LogP contribution in [-0.4, -0.2) is 26.3 Å². The predicted molar refractivity (Wildman–Crippen MR) is 142 cm³/mol. The maximum atomic E-state index is 12.8. The molecule has 0 spiro atoms. The molecule has 4 nitrogen and oxygen atoms in total. The van der Waals surface area contributed by atoms with E-state index >= 15 is 0 Å². The van der Waals surface area contributed by atoms with Gasteiger partial charge in [0.25, 0.3) is 0 Å². The van der Waals surface area contributed by atoms with Crippen LogP contribution in [0, 0.1) is 0 Å². The van der Waals surface area contributed by atoms with E-state index in [4.69, 9.17) is 34.8 Å². The summed E-state index contributed by atoms with van der Waals surface area (Å²) in [6.07, 6.45) is 0. The summed E-state index contributed by atoms with van der Waals surface area (Å²) in [6, 6.07) is 20.6. The Morgan fingerprint density at radius 2 is 1.56 bits per heavy atom. The fraction of sp³-hybridized carbons (Fsp3) is 0.192. The number of rotatable bonds is 6. The van der Waals surface area contributed by atoms with Gasteiger partial charge in [0.05, 0.1) is 15.8 Å². The summed E-state index contributed by atoms with van der Waals surface area (Å²) in [7, 11) is 0. The quantitative estimate of drug-likeness (QED) is 0.186. The van der Waals surface area contributed by atoms with Crippen LogP contribution in [0.1, 0.15) is 36.7 Å². The van der Waals surface area contributed by atoms with Crippen LogP contribution in [0.2, 0.25) is 15.1 Å². The van der Waals surface area contributed by atoms with E-state index in [2.05, 4.69) is 43.1 Å². The zero-order chi connectivity index (χ0) is 24.5. The second kappa shape index (κ2) is 10.1. The van der Waals surface area contributed by atoms with E-state index in [1.807, 2.05) is 41.0 Å². The van der Waals surface area contributed by atoms with E-state index < -0.39 is 0 Å². The molecule has 0 bridgehead atoms. The van der Waals surface area contributed by atoms with Gasteiger partial charge < -0.3 is 0 Å². The first kappa shape index (κ1) is 24.8. The number of nitrogens with zero attached hydrogens (tertiary/aromatic N) is 3. The third-order valence-corrected chi connectivity index (χ3v) is 7.22. The average Bonchev–Trinajstić information content (AvgIpc) is 3.23. The number of carbonyl (C=O) groups excluding carboxylic acids is 1. The number of thioether (sulfide) groups is 1. The fourth-order valence-electron chi connectivity index (χ4n) is 3.38. The SMILES string of the molecule is CC(C)(C)c1ccc(-c2nnc(SCC(=O)c3ccc(Cl)c(Cl)c3)n2-c2ccc(Cl)cc2)cc1.